The van der Waals surface area contributed by atoms with Crippen LogP contribution in [0.3, 0.4) is 0 Å². The van der Waals surface area contributed by atoms with Crippen LogP contribution in [0, 0.1) is 5.82 Å². The maximum absolute atomic E-state index is 13.2. The van der Waals surface area contributed by atoms with Crippen LogP contribution in [0.15, 0.2) is 18.2 Å². The molecule has 0 aromatic heterocycles. The highest BCUT2D eigenvalue weighted by molar-refractivity contribution is 6.47. The third-order valence-electron chi connectivity index (χ3n) is 3.89. The highest BCUT2D eigenvalue weighted by Crippen LogP contribution is 2.39. The van der Waals surface area contributed by atoms with E-state index in [-0.39, 0.29) is 5.02 Å². The molecule has 0 radical (unpaired) electrons. The summed E-state index contributed by atoms with van der Waals surface area (Å²) in [5.74, 6) is -0.981. The number of nitrogens with two attached hydrogens (primary N) is 1. The molecule has 0 saturated carbocycles. The van der Waals surface area contributed by atoms with Crippen LogP contribution in [-0.4, -0.2) is 18.3 Å². The standard InChI is InChI=1S/C13H18BClFNO2/c1-12(2)13(3,4)19-14(18-12)11(17)8-5-6-10(16)9(15)7-8/h5-7,11H,17H2,1-4H3/t11-/m1/s1. The zero-order chi connectivity index (χ0) is 14.4. The van der Waals surface area contributed by atoms with Gasteiger partial charge in [-0.2, -0.15) is 0 Å². The van der Waals surface area contributed by atoms with Crippen molar-refractivity contribution in [2.24, 2.45) is 5.73 Å². The minimum absolute atomic E-state index is 0.0458. The number of hydrogen-bond acceptors (Lipinski definition) is 3. The molecule has 1 aromatic carbocycles. The number of rotatable bonds is 2. The first-order valence-corrected chi connectivity index (χ1v) is 6.58. The maximum atomic E-state index is 13.2. The molecule has 2 rings (SSSR count). The van der Waals surface area contributed by atoms with Gasteiger partial charge in [0.2, 0.25) is 0 Å². The van der Waals surface area contributed by atoms with Gasteiger partial charge in [-0.25, -0.2) is 4.39 Å². The first kappa shape index (κ1) is 14.8. The molecule has 1 fully saturated rings. The van der Waals surface area contributed by atoms with Gasteiger partial charge in [-0.3, -0.25) is 0 Å². The van der Waals surface area contributed by atoms with Crippen molar-refractivity contribution in [2.45, 2.75) is 44.8 Å². The van der Waals surface area contributed by atoms with Gasteiger partial charge < -0.3 is 15.0 Å². The van der Waals surface area contributed by atoms with Gasteiger partial charge in [-0.15, -0.1) is 0 Å². The quantitative estimate of drug-likeness (QED) is 0.849. The third-order valence-corrected chi connectivity index (χ3v) is 4.18. The van der Waals surface area contributed by atoms with Gasteiger partial charge in [-0.05, 0) is 45.4 Å². The first-order valence-electron chi connectivity index (χ1n) is 6.20. The Balaban J connectivity index is 2.22. The fraction of sp³-hybridized carbons (Fsp3) is 0.538. The topological polar surface area (TPSA) is 44.5 Å². The lowest BCUT2D eigenvalue weighted by Crippen LogP contribution is -2.41. The Labute approximate surface area is 118 Å². The van der Waals surface area contributed by atoms with E-state index >= 15 is 0 Å². The molecule has 1 aromatic rings. The Kier molecular flexibility index (Phi) is 3.69. The zero-order valence-electron chi connectivity index (χ0n) is 11.5. The van der Waals surface area contributed by atoms with E-state index in [2.05, 4.69) is 0 Å². The second kappa shape index (κ2) is 4.74. The predicted molar refractivity (Wildman–Crippen MR) is 74.4 cm³/mol. The monoisotopic (exact) mass is 285 g/mol. The summed E-state index contributed by atoms with van der Waals surface area (Å²) in [5, 5.41) is 0.0458. The van der Waals surface area contributed by atoms with E-state index in [0.29, 0.717) is 5.56 Å². The molecule has 0 unspecified atom stereocenters. The van der Waals surface area contributed by atoms with Crippen molar-refractivity contribution in [1.82, 2.24) is 0 Å². The van der Waals surface area contributed by atoms with Crippen LogP contribution in [-0.2, 0) is 9.31 Å². The Morgan fingerprint density at radius 2 is 1.74 bits per heavy atom. The van der Waals surface area contributed by atoms with Crippen molar-refractivity contribution in [1.29, 1.82) is 0 Å². The van der Waals surface area contributed by atoms with E-state index < -0.39 is 30.1 Å². The largest absolute Gasteiger partial charge is 0.480 e. The SMILES string of the molecule is CC1(C)OB([C@H](N)c2ccc(F)c(Cl)c2)OC1(C)C. The van der Waals surface area contributed by atoms with Crippen LogP contribution < -0.4 is 5.73 Å². The van der Waals surface area contributed by atoms with E-state index in [4.69, 9.17) is 26.6 Å². The summed E-state index contributed by atoms with van der Waals surface area (Å²) in [6, 6.07) is 4.40. The van der Waals surface area contributed by atoms with Crippen LogP contribution in [0.4, 0.5) is 4.39 Å². The summed E-state index contributed by atoms with van der Waals surface area (Å²) >= 11 is 5.76. The molecule has 1 saturated heterocycles. The van der Waals surface area contributed by atoms with E-state index in [1.54, 1.807) is 6.07 Å². The van der Waals surface area contributed by atoms with E-state index in [1.807, 2.05) is 27.7 Å². The Morgan fingerprint density at radius 1 is 1.21 bits per heavy atom. The summed E-state index contributed by atoms with van der Waals surface area (Å²) in [6.45, 7) is 7.82. The molecular weight excluding hydrogens is 267 g/mol. The molecular formula is C13H18BClFNO2. The zero-order valence-corrected chi connectivity index (χ0v) is 12.3. The summed E-state index contributed by atoms with van der Waals surface area (Å²) in [6.07, 6.45) is 0. The lowest BCUT2D eigenvalue weighted by molar-refractivity contribution is 0.00578. The molecule has 0 bridgehead atoms. The van der Waals surface area contributed by atoms with Gasteiger partial charge in [0.05, 0.1) is 22.2 Å². The van der Waals surface area contributed by atoms with E-state index in [0.717, 1.165) is 0 Å². The minimum Gasteiger partial charge on any atom is -0.402 e. The molecule has 0 amide bonds. The van der Waals surface area contributed by atoms with Crippen molar-refractivity contribution >= 4 is 18.7 Å². The first-order chi connectivity index (χ1) is 8.64. The maximum Gasteiger partial charge on any atom is 0.480 e. The fourth-order valence-electron chi connectivity index (χ4n) is 1.91. The average Bonchev–Trinajstić information content (AvgIpc) is 2.51. The van der Waals surface area contributed by atoms with Crippen LogP contribution in [0.1, 0.15) is 39.2 Å². The third kappa shape index (κ3) is 2.65. The Bertz CT molecular complexity index is 480. The van der Waals surface area contributed by atoms with Gasteiger partial charge in [0, 0.05) is 0 Å². The molecule has 104 valence electrons. The summed E-state index contributed by atoms with van der Waals surface area (Å²) in [7, 11) is -0.577. The van der Waals surface area contributed by atoms with Gasteiger partial charge in [0.1, 0.15) is 5.82 Å². The van der Waals surface area contributed by atoms with Gasteiger partial charge in [0.15, 0.2) is 0 Å². The molecule has 1 aliphatic rings. The molecule has 1 heterocycles. The number of hydrogen-bond donors (Lipinski definition) is 1. The van der Waals surface area contributed by atoms with Crippen LogP contribution in [0.2, 0.25) is 5.02 Å². The molecule has 3 nitrogen and oxygen atoms in total. The molecule has 1 aliphatic heterocycles. The van der Waals surface area contributed by atoms with Gasteiger partial charge >= 0.3 is 7.12 Å². The van der Waals surface area contributed by atoms with E-state index in [9.17, 15) is 4.39 Å². The van der Waals surface area contributed by atoms with Crippen molar-refractivity contribution in [3.8, 4) is 0 Å². The van der Waals surface area contributed by atoms with Crippen molar-refractivity contribution in [3.63, 3.8) is 0 Å². The second-order valence-electron chi connectivity index (χ2n) is 5.82. The molecule has 19 heavy (non-hydrogen) atoms. The average molecular weight is 286 g/mol. The van der Waals surface area contributed by atoms with Crippen molar-refractivity contribution in [2.75, 3.05) is 0 Å². The van der Waals surface area contributed by atoms with Gasteiger partial charge in [-0.1, -0.05) is 17.7 Å². The Hall–Kier alpha value is -0.615. The fourth-order valence-corrected chi connectivity index (χ4v) is 2.10. The highest BCUT2D eigenvalue weighted by atomic mass is 35.5. The molecule has 6 heteroatoms. The van der Waals surface area contributed by atoms with Crippen LogP contribution >= 0.6 is 11.6 Å². The lowest BCUT2D eigenvalue weighted by atomic mass is 9.75. The van der Waals surface area contributed by atoms with Crippen molar-refractivity contribution < 1.29 is 13.7 Å². The second-order valence-corrected chi connectivity index (χ2v) is 6.23. The smallest absolute Gasteiger partial charge is 0.402 e. The van der Waals surface area contributed by atoms with Crippen LogP contribution in [0.5, 0.6) is 0 Å². The number of benzene rings is 1. The molecule has 0 aliphatic carbocycles. The summed E-state index contributed by atoms with van der Waals surface area (Å²) in [5.41, 5.74) is 5.92. The van der Waals surface area contributed by atoms with Gasteiger partial charge in [0.25, 0.3) is 0 Å². The van der Waals surface area contributed by atoms with Crippen LogP contribution in [0.25, 0.3) is 0 Å². The molecule has 1 atom stereocenters. The summed E-state index contributed by atoms with van der Waals surface area (Å²) in [4.78, 5) is 0. The summed E-state index contributed by atoms with van der Waals surface area (Å²) < 4.78 is 24.9. The highest BCUT2D eigenvalue weighted by Gasteiger charge is 2.53. The molecule has 0 spiro atoms. The van der Waals surface area contributed by atoms with E-state index in [1.165, 1.54) is 12.1 Å². The Morgan fingerprint density at radius 3 is 2.21 bits per heavy atom. The molecule has 2 N–H and O–H groups in total. The lowest BCUT2D eigenvalue weighted by Gasteiger charge is -2.32. The minimum atomic E-state index is -0.577. The van der Waals surface area contributed by atoms with Crippen molar-refractivity contribution in [3.05, 3.63) is 34.6 Å². The number of halogens is 2. The predicted octanol–water partition coefficient (Wildman–Crippen LogP) is 3.11. The normalized spacial score (nSPS) is 22.6.